The van der Waals surface area contributed by atoms with E-state index in [1.807, 2.05) is 67.7 Å². The fourth-order valence-electron chi connectivity index (χ4n) is 5.01. The highest BCUT2D eigenvalue weighted by molar-refractivity contribution is 6.19. The van der Waals surface area contributed by atoms with Gasteiger partial charge in [-0.25, -0.2) is 4.68 Å². The SMILES string of the molecule is C=CCOc1ccc(-c2nn(-c3ccccc3)cc2/C=C2/C(=O)N(CC3CCCO3)C(=O)C(C#N)=C2C)c(C)c1. The molecule has 8 heteroatoms. The molecule has 2 aliphatic heterocycles. The van der Waals surface area contributed by atoms with Crippen LogP contribution in [0.15, 0.2) is 84.1 Å². The van der Waals surface area contributed by atoms with Crippen molar-refractivity contribution in [1.29, 1.82) is 5.26 Å². The number of aromatic nitrogens is 2. The van der Waals surface area contributed by atoms with Crippen molar-refractivity contribution in [2.45, 2.75) is 32.8 Å². The molecule has 0 N–H and O–H groups in total. The Bertz CT molecular complexity index is 1570. The molecule has 202 valence electrons. The van der Waals surface area contributed by atoms with Gasteiger partial charge in [0.05, 0.1) is 18.3 Å². The number of hydrogen-bond donors (Lipinski definition) is 0. The number of ether oxygens (including phenoxy) is 2. The quantitative estimate of drug-likeness (QED) is 0.224. The van der Waals surface area contributed by atoms with E-state index in [1.165, 1.54) is 0 Å². The third-order valence-corrected chi connectivity index (χ3v) is 7.12. The monoisotopic (exact) mass is 534 g/mol. The van der Waals surface area contributed by atoms with Crippen LogP contribution in [-0.4, -0.2) is 52.4 Å². The van der Waals surface area contributed by atoms with Crippen LogP contribution in [0.25, 0.3) is 23.0 Å². The molecule has 0 aliphatic carbocycles. The second-order valence-electron chi connectivity index (χ2n) is 9.82. The lowest BCUT2D eigenvalue weighted by molar-refractivity contribution is -0.142. The zero-order valence-electron chi connectivity index (χ0n) is 22.6. The van der Waals surface area contributed by atoms with Crippen LogP contribution in [0.1, 0.15) is 30.9 Å². The number of carbonyl (C=O) groups is 2. The number of nitriles is 1. The number of imide groups is 1. The minimum absolute atomic E-state index is 0.0410. The first kappa shape index (κ1) is 26.9. The third-order valence-electron chi connectivity index (χ3n) is 7.12. The number of benzene rings is 2. The summed E-state index contributed by atoms with van der Waals surface area (Å²) in [5, 5.41) is 14.7. The van der Waals surface area contributed by atoms with E-state index in [0.29, 0.717) is 35.8 Å². The van der Waals surface area contributed by atoms with Crippen molar-refractivity contribution < 1.29 is 19.1 Å². The summed E-state index contributed by atoms with van der Waals surface area (Å²) >= 11 is 0. The maximum atomic E-state index is 13.7. The molecule has 3 aromatic rings. The molecule has 8 nitrogen and oxygen atoms in total. The second-order valence-corrected chi connectivity index (χ2v) is 9.82. The van der Waals surface area contributed by atoms with Crippen LogP contribution in [0, 0.1) is 18.3 Å². The van der Waals surface area contributed by atoms with Gasteiger partial charge in [-0.2, -0.15) is 10.4 Å². The van der Waals surface area contributed by atoms with E-state index in [2.05, 4.69) is 6.58 Å². The second kappa shape index (κ2) is 11.6. The van der Waals surface area contributed by atoms with Crippen LogP contribution >= 0.6 is 0 Å². The summed E-state index contributed by atoms with van der Waals surface area (Å²) in [6.07, 6.45) is 6.69. The molecule has 0 spiro atoms. The first-order valence-electron chi connectivity index (χ1n) is 13.2. The van der Waals surface area contributed by atoms with Gasteiger partial charge in [-0.3, -0.25) is 14.5 Å². The summed E-state index contributed by atoms with van der Waals surface area (Å²) in [7, 11) is 0. The van der Waals surface area contributed by atoms with E-state index >= 15 is 0 Å². The molecule has 1 aromatic heterocycles. The highest BCUT2D eigenvalue weighted by Crippen LogP contribution is 2.34. The van der Waals surface area contributed by atoms with Gasteiger partial charge in [-0.15, -0.1) is 0 Å². The molecule has 1 unspecified atom stereocenters. The lowest BCUT2D eigenvalue weighted by Crippen LogP contribution is -2.46. The topological polar surface area (TPSA) is 97.4 Å². The average Bonchev–Trinajstić information content (AvgIpc) is 3.63. The fraction of sp³-hybridized carbons (Fsp3) is 0.250. The number of carbonyl (C=O) groups excluding carboxylic acids is 2. The zero-order valence-corrected chi connectivity index (χ0v) is 22.6. The Morgan fingerprint density at radius 3 is 2.65 bits per heavy atom. The van der Waals surface area contributed by atoms with Gasteiger partial charge in [0.2, 0.25) is 0 Å². The molecule has 40 heavy (non-hydrogen) atoms. The van der Waals surface area contributed by atoms with E-state index in [1.54, 1.807) is 23.8 Å². The normalized spacial score (nSPS) is 18.4. The van der Waals surface area contributed by atoms with Gasteiger partial charge in [0.1, 0.15) is 29.7 Å². The molecule has 0 radical (unpaired) electrons. The van der Waals surface area contributed by atoms with Crippen molar-refractivity contribution in [2.75, 3.05) is 19.8 Å². The maximum absolute atomic E-state index is 13.7. The standard InChI is InChI=1S/C32H30N4O4/c1-4-14-39-25-12-13-27(21(2)16-25)30-23(19-36(34-30)24-9-6-5-7-10-24)17-28-22(3)29(18-33)32(38)35(31(28)37)20-26-11-8-15-40-26/h4-7,9-10,12-13,16-17,19,26H,1,8,11,14-15,20H2,2-3H3/b28-17+. The molecule has 2 aliphatic rings. The molecule has 0 saturated carbocycles. The van der Waals surface area contributed by atoms with Crippen LogP contribution in [0.2, 0.25) is 0 Å². The molecule has 5 rings (SSSR count). The predicted octanol–water partition coefficient (Wildman–Crippen LogP) is 5.18. The molecule has 2 amide bonds. The number of aryl methyl sites for hydroxylation is 1. The van der Waals surface area contributed by atoms with E-state index in [9.17, 15) is 14.9 Å². The van der Waals surface area contributed by atoms with E-state index in [-0.39, 0.29) is 23.8 Å². The Hall–Kier alpha value is -4.74. The van der Waals surface area contributed by atoms with Gasteiger partial charge in [-0.05, 0) is 74.2 Å². The van der Waals surface area contributed by atoms with Crippen molar-refractivity contribution in [2.24, 2.45) is 0 Å². The van der Waals surface area contributed by atoms with Crippen molar-refractivity contribution in [3.8, 4) is 28.8 Å². The van der Waals surface area contributed by atoms with Gasteiger partial charge >= 0.3 is 0 Å². The molecule has 1 saturated heterocycles. The van der Waals surface area contributed by atoms with E-state index in [0.717, 1.165) is 34.6 Å². The van der Waals surface area contributed by atoms with E-state index in [4.69, 9.17) is 14.6 Å². The van der Waals surface area contributed by atoms with Crippen LogP contribution in [0.5, 0.6) is 5.75 Å². The minimum Gasteiger partial charge on any atom is -0.490 e. The molecule has 1 atom stereocenters. The summed E-state index contributed by atoms with van der Waals surface area (Å²) < 4.78 is 13.1. The van der Waals surface area contributed by atoms with Gasteiger partial charge in [0.15, 0.2) is 0 Å². The Morgan fingerprint density at radius 2 is 1.98 bits per heavy atom. The zero-order chi connectivity index (χ0) is 28.2. The predicted molar refractivity (Wildman–Crippen MR) is 151 cm³/mol. The first-order chi connectivity index (χ1) is 19.4. The number of hydrogen-bond acceptors (Lipinski definition) is 6. The van der Waals surface area contributed by atoms with Crippen LogP contribution in [0.4, 0.5) is 0 Å². The van der Waals surface area contributed by atoms with Crippen molar-refractivity contribution in [3.05, 3.63) is 95.2 Å². The number of amides is 2. The first-order valence-corrected chi connectivity index (χ1v) is 13.2. The van der Waals surface area contributed by atoms with Gasteiger partial charge in [0.25, 0.3) is 11.8 Å². The van der Waals surface area contributed by atoms with Gasteiger partial charge < -0.3 is 9.47 Å². The maximum Gasteiger partial charge on any atom is 0.271 e. The molecular weight excluding hydrogens is 504 g/mol. The number of nitrogens with zero attached hydrogens (tertiary/aromatic N) is 4. The Labute approximate surface area is 233 Å². The highest BCUT2D eigenvalue weighted by atomic mass is 16.5. The van der Waals surface area contributed by atoms with Gasteiger partial charge in [-0.1, -0.05) is 30.9 Å². The van der Waals surface area contributed by atoms with E-state index < -0.39 is 11.8 Å². The fourth-order valence-corrected chi connectivity index (χ4v) is 5.01. The Kier molecular flexibility index (Phi) is 7.76. The Morgan fingerprint density at radius 1 is 1.18 bits per heavy atom. The molecular formula is C32H30N4O4. The lowest BCUT2D eigenvalue weighted by Gasteiger charge is -2.29. The summed E-state index contributed by atoms with van der Waals surface area (Å²) in [6.45, 7) is 8.43. The van der Waals surface area contributed by atoms with Crippen molar-refractivity contribution in [3.63, 3.8) is 0 Å². The average molecular weight is 535 g/mol. The van der Waals surface area contributed by atoms with Crippen LogP contribution in [-0.2, 0) is 14.3 Å². The summed E-state index contributed by atoms with van der Waals surface area (Å²) in [5.41, 5.74) is 4.59. The lowest BCUT2D eigenvalue weighted by atomic mass is 9.92. The summed E-state index contributed by atoms with van der Waals surface area (Å²) in [5.74, 6) is -0.309. The van der Waals surface area contributed by atoms with Crippen molar-refractivity contribution in [1.82, 2.24) is 14.7 Å². The molecule has 0 bridgehead atoms. The minimum atomic E-state index is -0.580. The van der Waals surface area contributed by atoms with Gasteiger partial charge in [0, 0.05) is 29.5 Å². The molecule has 3 heterocycles. The van der Waals surface area contributed by atoms with Crippen molar-refractivity contribution >= 4 is 17.9 Å². The molecule has 2 aromatic carbocycles. The largest absolute Gasteiger partial charge is 0.490 e. The Balaban J connectivity index is 1.63. The number of para-hydroxylation sites is 1. The smallest absolute Gasteiger partial charge is 0.271 e. The summed E-state index contributed by atoms with van der Waals surface area (Å²) in [4.78, 5) is 28.0. The third kappa shape index (κ3) is 5.24. The summed E-state index contributed by atoms with van der Waals surface area (Å²) in [6, 6.07) is 17.4. The number of rotatable bonds is 8. The van der Waals surface area contributed by atoms with Crippen LogP contribution < -0.4 is 4.74 Å². The molecule has 1 fully saturated rings. The van der Waals surface area contributed by atoms with Crippen LogP contribution in [0.3, 0.4) is 0 Å². The highest BCUT2D eigenvalue weighted by Gasteiger charge is 2.37.